The van der Waals surface area contributed by atoms with Gasteiger partial charge >= 0.3 is 5.97 Å². The maximum Gasteiger partial charge on any atom is 0.307 e. The molecule has 18 heavy (non-hydrogen) atoms. The molecule has 0 aliphatic rings. The largest absolute Gasteiger partial charge is 0.460 e. The van der Waals surface area contributed by atoms with Crippen molar-refractivity contribution in [1.82, 2.24) is 0 Å². The number of nitrogen functional groups attached to an aromatic ring is 1. The summed E-state index contributed by atoms with van der Waals surface area (Å²) in [5, 5.41) is 9.11. The molecule has 0 aliphatic heterocycles. The number of carbonyl (C=O) groups is 1. The number of hydrogen-bond acceptors (Lipinski definition) is 4. The smallest absolute Gasteiger partial charge is 0.307 e. The number of ether oxygens (including phenoxy) is 1. The number of nitrogens with two attached hydrogens (primary N) is 1. The highest BCUT2D eigenvalue weighted by atomic mass is 16.6. The first-order chi connectivity index (χ1) is 8.31. The number of esters is 1. The number of carbonyl (C=O) groups excluding carboxylic acids is 1. The minimum Gasteiger partial charge on any atom is -0.460 e. The van der Waals surface area contributed by atoms with Crippen molar-refractivity contribution in [1.29, 1.82) is 5.26 Å². The molecule has 0 aliphatic carbocycles. The molecule has 2 N–H and O–H groups in total. The van der Waals surface area contributed by atoms with Crippen LogP contribution in [-0.2, 0) is 9.53 Å². The quantitative estimate of drug-likeness (QED) is 0.657. The monoisotopic (exact) mass is 246 g/mol. The lowest BCUT2D eigenvalue weighted by molar-refractivity contribution is -0.154. The zero-order valence-electron chi connectivity index (χ0n) is 10.9. The molecule has 0 radical (unpaired) electrons. The Morgan fingerprint density at radius 3 is 2.39 bits per heavy atom. The molecule has 0 spiro atoms. The van der Waals surface area contributed by atoms with Gasteiger partial charge in [-0.15, -0.1) is 0 Å². The van der Waals surface area contributed by atoms with Crippen molar-refractivity contribution in [2.75, 3.05) is 5.73 Å². The van der Waals surface area contributed by atoms with Crippen LogP contribution >= 0.6 is 0 Å². The third-order valence-electron chi connectivity index (χ3n) is 2.29. The molecule has 4 heteroatoms. The van der Waals surface area contributed by atoms with Crippen molar-refractivity contribution in [3.63, 3.8) is 0 Å². The number of nitrogens with zero attached hydrogens (tertiary/aromatic N) is 1. The van der Waals surface area contributed by atoms with Crippen LogP contribution in [0.15, 0.2) is 24.3 Å². The first-order valence-electron chi connectivity index (χ1n) is 5.79. The van der Waals surface area contributed by atoms with Gasteiger partial charge in [0, 0.05) is 5.69 Å². The normalized spacial score (nSPS) is 12.6. The molecule has 0 heterocycles. The van der Waals surface area contributed by atoms with E-state index >= 15 is 0 Å². The van der Waals surface area contributed by atoms with Gasteiger partial charge in [0.05, 0.1) is 18.4 Å². The Morgan fingerprint density at radius 2 is 1.94 bits per heavy atom. The maximum atomic E-state index is 11.7. The summed E-state index contributed by atoms with van der Waals surface area (Å²) < 4.78 is 5.20. The van der Waals surface area contributed by atoms with E-state index in [9.17, 15) is 4.79 Å². The minimum atomic E-state index is -0.530. The van der Waals surface area contributed by atoms with Crippen molar-refractivity contribution in [3.8, 4) is 6.07 Å². The van der Waals surface area contributed by atoms with Gasteiger partial charge in [-0.25, -0.2) is 0 Å². The van der Waals surface area contributed by atoms with Crippen LogP contribution in [0.1, 0.15) is 38.7 Å². The van der Waals surface area contributed by atoms with Crippen LogP contribution in [0.4, 0.5) is 5.69 Å². The van der Waals surface area contributed by atoms with Crippen LogP contribution in [0.25, 0.3) is 0 Å². The zero-order valence-corrected chi connectivity index (χ0v) is 10.9. The molecule has 1 aromatic carbocycles. The van der Waals surface area contributed by atoms with Crippen molar-refractivity contribution >= 4 is 11.7 Å². The van der Waals surface area contributed by atoms with Crippen LogP contribution in [0.3, 0.4) is 0 Å². The third kappa shape index (κ3) is 4.46. The highest BCUT2D eigenvalue weighted by Crippen LogP contribution is 2.22. The van der Waals surface area contributed by atoms with Gasteiger partial charge in [-0.05, 0) is 38.5 Å². The average Bonchev–Trinajstić information content (AvgIpc) is 2.25. The summed E-state index contributed by atoms with van der Waals surface area (Å²) in [7, 11) is 0. The highest BCUT2D eigenvalue weighted by molar-refractivity contribution is 5.71. The molecular formula is C14H18N2O2. The van der Waals surface area contributed by atoms with E-state index < -0.39 is 11.5 Å². The zero-order chi connectivity index (χ0) is 13.8. The summed E-state index contributed by atoms with van der Waals surface area (Å²) in [6.07, 6.45) is 0.0533. The summed E-state index contributed by atoms with van der Waals surface area (Å²) in [6.45, 7) is 5.40. The first-order valence-corrected chi connectivity index (χ1v) is 5.79. The van der Waals surface area contributed by atoms with Crippen molar-refractivity contribution in [3.05, 3.63) is 29.8 Å². The van der Waals surface area contributed by atoms with Gasteiger partial charge in [-0.2, -0.15) is 5.26 Å². The summed E-state index contributed by atoms with van der Waals surface area (Å²) in [5.74, 6) is -0.869. The molecule has 0 aromatic heterocycles. The fraction of sp³-hybridized carbons (Fsp3) is 0.429. The average molecular weight is 246 g/mol. The van der Waals surface area contributed by atoms with Crippen LogP contribution in [0.2, 0.25) is 0 Å². The van der Waals surface area contributed by atoms with Gasteiger partial charge in [-0.1, -0.05) is 12.1 Å². The summed E-state index contributed by atoms with van der Waals surface area (Å²) in [4.78, 5) is 11.7. The summed E-state index contributed by atoms with van der Waals surface area (Å²) in [6, 6.07) is 9.06. The molecule has 0 fully saturated rings. The summed E-state index contributed by atoms with van der Waals surface area (Å²) >= 11 is 0. The third-order valence-corrected chi connectivity index (χ3v) is 2.29. The van der Waals surface area contributed by atoms with E-state index in [0.29, 0.717) is 5.69 Å². The predicted octanol–water partition coefficient (Wildman–Crippen LogP) is 2.61. The second-order valence-electron chi connectivity index (χ2n) is 5.14. The van der Waals surface area contributed by atoms with E-state index in [-0.39, 0.29) is 12.4 Å². The Hall–Kier alpha value is -2.02. The van der Waals surface area contributed by atoms with Gasteiger partial charge in [0.15, 0.2) is 0 Å². The molecule has 1 unspecified atom stereocenters. The predicted molar refractivity (Wildman–Crippen MR) is 69.7 cm³/mol. The minimum absolute atomic E-state index is 0.0533. The highest BCUT2D eigenvalue weighted by Gasteiger charge is 2.21. The van der Waals surface area contributed by atoms with E-state index in [2.05, 4.69) is 6.07 Å². The maximum absolute atomic E-state index is 11.7. The number of nitriles is 1. The molecule has 0 bridgehead atoms. The SMILES string of the molecule is CC(C)(C)OC(=O)CC(C#N)c1ccc(N)cc1. The fourth-order valence-corrected chi connectivity index (χ4v) is 1.52. The summed E-state index contributed by atoms with van der Waals surface area (Å²) in [5.41, 5.74) is 6.46. The molecule has 4 nitrogen and oxygen atoms in total. The van der Waals surface area contributed by atoms with Gasteiger partial charge in [0.2, 0.25) is 0 Å². The standard InChI is InChI=1S/C14H18N2O2/c1-14(2,3)18-13(17)8-11(9-15)10-4-6-12(16)7-5-10/h4-7,11H,8,16H2,1-3H3. The van der Waals surface area contributed by atoms with Crippen LogP contribution in [0, 0.1) is 11.3 Å². The molecule has 1 atom stereocenters. The Balaban J connectivity index is 2.72. The van der Waals surface area contributed by atoms with Crippen molar-refractivity contribution in [2.45, 2.75) is 38.7 Å². The lowest BCUT2D eigenvalue weighted by Crippen LogP contribution is -2.24. The lowest BCUT2D eigenvalue weighted by Gasteiger charge is -2.20. The van der Waals surface area contributed by atoms with Crippen LogP contribution in [0.5, 0.6) is 0 Å². The number of hydrogen-bond donors (Lipinski definition) is 1. The molecule has 0 saturated heterocycles. The second-order valence-corrected chi connectivity index (χ2v) is 5.14. The van der Waals surface area contributed by atoms with E-state index in [4.69, 9.17) is 15.7 Å². The van der Waals surface area contributed by atoms with E-state index in [1.807, 2.05) is 0 Å². The van der Waals surface area contributed by atoms with Gasteiger partial charge in [-0.3, -0.25) is 4.79 Å². The van der Waals surface area contributed by atoms with Crippen molar-refractivity contribution < 1.29 is 9.53 Å². The molecule has 96 valence electrons. The topological polar surface area (TPSA) is 76.1 Å². The molecule has 1 rings (SSSR count). The molecule has 0 amide bonds. The molecule has 1 aromatic rings. The second kappa shape index (κ2) is 5.54. The Labute approximate surface area is 107 Å². The van der Waals surface area contributed by atoms with Gasteiger partial charge in [0.25, 0.3) is 0 Å². The molecular weight excluding hydrogens is 228 g/mol. The number of anilines is 1. The van der Waals surface area contributed by atoms with Gasteiger partial charge < -0.3 is 10.5 Å². The van der Waals surface area contributed by atoms with Crippen LogP contribution < -0.4 is 5.73 Å². The van der Waals surface area contributed by atoms with Crippen LogP contribution in [-0.4, -0.2) is 11.6 Å². The number of rotatable bonds is 3. The Kier molecular flexibility index (Phi) is 4.33. The van der Waals surface area contributed by atoms with Crippen molar-refractivity contribution in [2.24, 2.45) is 0 Å². The Morgan fingerprint density at radius 1 is 1.39 bits per heavy atom. The fourth-order valence-electron chi connectivity index (χ4n) is 1.52. The van der Waals surface area contributed by atoms with E-state index in [1.54, 1.807) is 45.0 Å². The first kappa shape index (κ1) is 14.0. The Bertz CT molecular complexity index is 452. The molecule has 0 saturated carbocycles. The number of benzene rings is 1. The lowest BCUT2D eigenvalue weighted by atomic mass is 9.97. The van der Waals surface area contributed by atoms with E-state index in [0.717, 1.165) is 5.56 Å². The van der Waals surface area contributed by atoms with Gasteiger partial charge in [0.1, 0.15) is 5.60 Å². The van der Waals surface area contributed by atoms with E-state index in [1.165, 1.54) is 0 Å².